The van der Waals surface area contributed by atoms with Crippen molar-refractivity contribution in [2.24, 2.45) is 10.7 Å². The van der Waals surface area contributed by atoms with Crippen LogP contribution in [-0.4, -0.2) is 23.5 Å². The fourth-order valence-corrected chi connectivity index (χ4v) is 2.26. The molecule has 0 fully saturated rings. The third kappa shape index (κ3) is 5.66. The molecule has 0 radical (unpaired) electrons. The Hall–Kier alpha value is -3.28. The van der Waals surface area contributed by atoms with Crippen LogP contribution in [-0.2, 0) is 9.59 Å². The quantitative estimate of drug-likeness (QED) is 0.534. The lowest BCUT2D eigenvalue weighted by Crippen LogP contribution is -2.19. The molecule has 2 aliphatic heterocycles. The number of nitrogens with one attached hydrogen (secondary N) is 2. The number of aliphatic imine (C=N–C) groups is 1. The average molecular weight is 352 g/mol. The van der Waals surface area contributed by atoms with Crippen molar-refractivity contribution in [2.75, 3.05) is 0 Å². The molecule has 0 aromatic heterocycles. The van der Waals surface area contributed by atoms with Gasteiger partial charge in [-0.3, -0.25) is 20.3 Å². The van der Waals surface area contributed by atoms with E-state index in [2.05, 4.69) is 4.99 Å². The van der Waals surface area contributed by atoms with Gasteiger partial charge in [-0.2, -0.15) is 0 Å². The summed E-state index contributed by atoms with van der Waals surface area (Å²) in [6.45, 7) is 7.96. The minimum absolute atomic E-state index is 0.286. The summed E-state index contributed by atoms with van der Waals surface area (Å²) in [5, 5.41) is 9.66. The van der Waals surface area contributed by atoms with Gasteiger partial charge in [-0.1, -0.05) is 36.4 Å². The highest BCUT2D eigenvalue weighted by atomic mass is 16.2. The topological polar surface area (TPSA) is 108 Å². The molecule has 0 saturated carbocycles. The van der Waals surface area contributed by atoms with Crippen molar-refractivity contribution in [3.8, 4) is 0 Å². The van der Waals surface area contributed by atoms with Crippen LogP contribution in [0, 0.1) is 19.3 Å². The number of nitrogens with zero attached hydrogens (tertiary/aromatic N) is 1. The minimum atomic E-state index is -0.329. The number of benzene rings is 1. The minimum Gasteiger partial charge on any atom is -0.383 e. The number of allylic oxidation sites excluding steroid dienone is 4. The van der Waals surface area contributed by atoms with Gasteiger partial charge in [-0.25, -0.2) is 4.99 Å². The van der Waals surface area contributed by atoms with E-state index < -0.39 is 0 Å². The summed E-state index contributed by atoms with van der Waals surface area (Å²) < 4.78 is 0. The molecular weight excluding hydrogens is 328 g/mol. The predicted octanol–water partition coefficient (Wildman–Crippen LogP) is 2.69. The van der Waals surface area contributed by atoms with E-state index in [1.54, 1.807) is 0 Å². The zero-order valence-corrected chi connectivity index (χ0v) is 15.5. The Kier molecular flexibility index (Phi) is 7.89. The van der Waals surface area contributed by atoms with Crippen molar-refractivity contribution in [3.63, 3.8) is 0 Å². The van der Waals surface area contributed by atoms with Gasteiger partial charge in [-0.05, 0) is 38.8 Å². The molecule has 2 amide bonds. The smallest absolute Gasteiger partial charge is 0.250 e. The van der Waals surface area contributed by atoms with E-state index in [1.165, 1.54) is 12.2 Å². The molecule has 0 saturated heterocycles. The first-order chi connectivity index (χ1) is 12.3. The molecule has 26 heavy (non-hydrogen) atoms. The van der Waals surface area contributed by atoms with E-state index in [1.807, 2.05) is 69.4 Å². The molecule has 0 spiro atoms. The highest BCUT2D eigenvalue weighted by Crippen LogP contribution is 2.23. The third-order valence-corrected chi connectivity index (χ3v) is 3.48. The van der Waals surface area contributed by atoms with Gasteiger partial charge in [0.25, 0.3) is 11.8 Å². The molecule has 4 N–H and O–H groups in total. The van der Waals surface area contributed by atoms with Gasteiger partial charge in [0.05, 0.1) is 0 Å². The van der Waals surface area contributed by atoms with Gasteiger partial charge in [0, 0.05) is 23.3 Å². The number of nitrogens with two attached hydrogens (primary N) is 1. The Balaban J connectivity index is 0.000000220. The lowest BCUT2D eigenvalue weighted by Gasteiger charge is -2.06. The van der Waals surface area contributed by atoms with Crippen molar-refractivity contribution >= 4 is 23.5 Å². The summed E-state index contributed by atoms with van der Waals surface area (Å²) in [4.78, 5) is 24.0. The molecule has 0 unspecified atom stereocenters. The maximum Gasteiger partial charge on any atom is 0.250 e. The summed E-state index contributed by atoms with van der Waals surface area (Å²) in [7, 11) is 0. The zero-order chi connectivity index (χ0) is 19.7. The van der Waals surface area contributed by atoms with E-state index in [4.69, 9.17) is 11.1 Å². The lowest BCUT2D eigenvalue weighted by molar-refractivity contribution is -0.123. The number of fused-ring (bicyclic) bond motifs is 1. The van der Waals surface area contributed by atoms with Crippen LogP contribution in [0.15, 0.2) is 53.6 Å². The standard InChI is InChI=1S/C10H11N3.C6H10.C4H3NO2/c1-5-3-4-6(2)8-7(5)9(11)13-10(8)12;1-3-5-6-4-2;6-3-1-2-4(7)5-3/h3-4H,1-2H3,(H3,11,12,13);3-6H,1-2H3;1-2H,(H,5,6,7)/b;5-3+,6-4+;. The van der Waals surface area contributed by atoms with Crippen molar-refractivity contribution in [2.45, 2.75) is 27.7 Å². The maximum absolute atomic E-state index is 10.0. The van der Waals surface area contributed by atoms with Crippen molar-refractivity contribution in [3.05, 3.63) is 70.8 Å². The van der Waals surface area contributed by atoms with Crippen LogP contribution in [0.1, 0.15) is 36.1 Å². The number of amidine groups is 2. The molecule has 136 valence electrons. The Bertz CT molecular complexity index is 804. The van der Waals surface area contributed by atoms with Crippen LogP contribution >= 0.6 is 0 Å². The number of rotatable bonds is 1. The molecule has 1 aromatic rings. The van der Waals surface area contributed by atoms with E-state index >= 15 is 0 Å². The van der Waals surface area contributed by atoms with Crippen molar-refractivity contribution in [1.29, 1.82) is 5.41 Å². The van der Waals surface area contributed by atoms with Crippen LogP contribution in [0.5, 0.6) is 0 Å². The number of hydrogen-bond donors (Lipinski definition) is 3. The second kappa shape index (κ2) is 9.88. The van der Waals surface area contributed by atoms with E-state index in [0.717, 1.165) is 22.3 Å². The number of hydrogen-bond acceptors (Lipinski definition) is 4. The molecule has 6 heteroatoms. The zero-order valence-electron chi connectivity index (χ0n) is 15.5. The summed E-state index contributed by atoms with van der Waals surface area (Å²) in [6.07, 6.45) is 10.4. The van der Waals surface area contributed by atoms with E-state index in [9.17, 15) is 9.59 Å². The van der Waals surface area contributed by atoms with Gasteiger partial charge in [0.2, 0.25) is 0 Å². The van der Waals surface area contributed by atoms with Crippen molar-refractivity contribution in [1.82, 2.24) is 5.32 Å². The largest absolute Gasteiger partial charge is 0.383 e. The van der Waals surface area contributed by atoms with Crippen molar-refractivity contribution < 1.29 is 9.59 Å². The molecule has 3 rings (SSSR count). The number of carbonyl (C=O) groups is 2. The predicted molar refractivity (Wildman–Crippen MR) is 105 cm³/mol. The summed E-state index contributed by atoms with van der Waals surface area (Å²) in [5.74, 6) is 0.102. The number of imide groups is 1. The molecule has 0 atom stereocenters. The van der Waals surface area contributed by atoms with E-state index in [-0.39, 0.29) is 17.6 Å². The number of amides is 2. The first kappa shape index (κ1) is 20.8. The van der Waals surface area contributed by atoms with E-state index in [0.29, 0.717) is 5.84 Å². The highest BCUT2D eigenvalue weighted by Gasteiger charge is 2.21. The van der Waals surface area contributed by atoms with Crippen LogP contribution < -0.4 is 11.1 Å². The van der Waals surface area contributed by atoms with Gasteiger partial charge in [0.1, 0.15) is 5.84 Å². The molecule has 6 nitrogen and oxygen atoms in total. The highest BCUT2D eigenvalue weighted by molar-refractivity contribution is 6.22. The summed E-state index contributed by atoms with van der Waals surface area (Å²) in [5.41, 5.74) is 9.69. The molecule has 2 aliphatic rings. The second-order valence-electron chi connectivity index (χ2n) is 5.53. The monoisotopic (exact) mass is 352 g/mol. The first-order valence-corrected chi connectivity index (χ1v) is 8.12. The first-order valence-electron chi connectivity index (χ1n) is 8.12. The Morgan fingerprint density at radius 3 is 1.77 bits per heavy atom. The lowest BCUT2D eigenvalue weighted by atomic mass is 9.98. The molecular formula is C20H24N4O2. The van der Waals surface area contributed by atoms with Gasteiger partial charge in [-0.15, -0.1) is 0 Å². The van der Waals surface area contributed by atoms with Gasteiger partial charge < -0.3 is 5.73 Å². The second-order valence-corrected chi connectivity index (χ2v) is 5.53. The maximum atomic E-state index is 10.0. The SMILES string of the molecule is C/C=C/C=C/C.Cc1ccc(C)c2c1C(=N)N=C2N.O=C1C=CC(=O)N1. The normalized spacial score (nSPS) is 14.6. The van der Waals surface area contributed by atoms with Crippen LogP contribution in [0.2, 0.25) is 0 Å². The Morgan fingerprint density at radius 2 is 1.42 bits per heavy atom. The summed E-state index contributed by atoms with van der Waals surface area (Å²) >= 11 is 0. The summed E-state index contributed by atoms with van der Waals surface area (Å²) in [6, 6.07) is 4.01. The average Bonchev–Trinajstić information content (AvgIpc) is 3.12. The molecule has 2 heterocycles. The number of aryl methyl sites for hydroxylation is 2. The number of carbonyl (C=O) groups excluding carboxylic acids is 2. The fraction of sp³-hybridized carbons (Fsp3) is 0.200. The molecule has 0 bridgehead atoms. The Morgan fingerprint density at radius 1 is 0.962 bits per heavy atom. The van der Waals surface area contributed by atoms with Gasteiger partial charge in [0.15, 0.2) is 5.84 Å². The third-order valence-electron chi connectivity index (χ3n) is 3.48. The fourth-order valence-electron chi connectivity index (χ4n) is 2.26. The molecule has 0 aliphatic carbocycles. The van der Waals surface area contributed by atoms with Crippen LogP contribution in [0.3, 0.4) is 0 Å². The van der Waals surface area contributed by atoms with Gasteiger partial charge >= 0.3 is 0 Å². The van der Waals surface area contributed by atoms with Crippen LogP contribution in [0.25, 0.3) is 0 Å². The van der Waals surface area contributed by atoms with Crippen LogP contribution in [0.4, 0.5) is 0 Å². The molecule has 1 aromatic carbocycles. The Labute approximate surface area is 153 Å².